The fraction of sp³-hybridized carbons (Fsp3) is 0.818. The highest BCUT2D eigenvalue weighted by Gasteiger charge is 2.03. The van der Waals surface area contributed by atoms with Gasteiger partial charge in [-0.3, -0.25) is 0 Å². The second-order valence-electron chi connectivity index (χ2n) is 3.55. The Morgan fingerprint density at radius 3 is 2.07 bits per heavy atom. The van der Waals surface area contributed by atoms with E-state index in [0.717, 1.165) is 32.7 Å². The van der Waals surface area contributed by atoms with Gasteiger partial charge in [0.2, 0.25) is 0 Å². The van der Waals surface area contributed by atoms with E-state index in [1.54, 1.807) is 0 Å². The van der Waals surface area contributed by atoms with Crippen LogP contribution in [-0.4, -0.2) is 49.6 Å². The number of hydrogen-bond donors (Lipinski definition) is 0. The quantitative estimate of drug-likeness (QED) is 0.598. The van der Waals surface area contributed by atoms with Crippen molar-refractivity contribution in [2.45, 2.75) is 19.8 Å². The number of hydrogen-bond acceptors (Lipinski definition) is 4. The van der Waals surface area contributed by atoms with E-state index in [4.69, 9.17) is 10.5 Å². The lowest BCUT2D eigenvalue weighted by Crippen LogP contribution is -2.34. The molecule has 0 unspecified atom stereocenters. The van der Waals surface area contributed by atoms with Crippen molar-refractivity contribution in [3.05, 3.63) is 0 Å². The minimum Gasteiger partial charge on any atom is -0.304 e. The first-order chi connectivity index (χ1) is 7.24. The van der Waals surface area contributed by atoms with E-state index < -0.39 is 0 Å². The van der Waals surface area contributed by atoms with Crippen molar-refractivity contribution in [1.82, 2.24) is 9.80 Å². The van der Waals surface area contributed by atoms with Crippen LogP contribution in [0.25, 0.3) is 0 Å². The molecule has 0 rings (SSSR count). The van der Waals surface area contributed by atoms with E-state index in [0.29, 0.717) is 12.8 Å². The maximum absolute atomic E-state index is 8.48. The molecule has 0 spiro atoms. The molecule has 0 fully saturated rings. The van der Waals surface area contributed by atoms with Crippen molar-refractivity contribution in [2.24, 2.45) is 0 Å². The first-order valence-electron chi connectivity index (χ1n) is 5.39. The number of nitriles is 2. The third-order valence-corrected chi connectivity index (χ3v) is 2.39. The van der Waals surface area contributed by atoms with Gasteiger partial charge in [0.1, 0.15) is 0 Å². The summed E-state index contributed by atoms with van der Waals surface area (Å²) in [5.41, 5.74) is 0. The van der Waals surface area contributed by atoms with Crippen LogP contribution < -0.4 is 0 Å². The van der Waals surface area contributed by atoms with E-state index in [1.807, 2.05) is 7.05 Å². The van der Waals surface area contributed by atoms with E-state index in [2.05, 4.69) is 28.9 Å². The SMILES string of the molecule is CCN(CCC#N)CCN(C)CCC#N. The number of nitrogens with zero attached hydrogens (tertiary/aromatic N) is 4. The average molecular weight is 208 g/mol. The molecule has 4 nitrogen and oxygen atoms in total. The van der Waals surface area contributed by atoms with E-state index in [9.17, 15) is 0 Å². The number of likely N-dealkylation sites (N-methyl/N-ethyl adjacent to an activating group) is 2. The topological polar surface area (TPSA) is 54.1 Å². The lowest BCUT2D eigenvalue weighted by atomic mass is 10.3. The third-order valence-electron chi connectivity index (χ3n) is 2.39. The minimum absolute atomic E-state index is 0.584. The largest absolute Gasteiger partial charge is 0.304 e. The lowest BCUT2D eigenvalue weighted by Gasteiger charge is -2.22. The Morgan fingerprint density at radius 2 is 1.53 bits per heavy atom. The Morgan fingerprint density at radius 1 is 0.933 bits per heavy atom. The van der Waals surface area contributed by atoms with Crippen LogP contribution in [0.15, 0.2) is 0 Å². The molecule has 0 aromatic heterocycles. The molecule has 0 saturated carbocycles. The molecule has 0 aliphatic rings. The van der Waals surface area contributed by atoms with Gasteiger partial charge in [-0.25, -0.2) is 0 Å². The summed E-state index contributed by atoms with van der Waals surface area (Å²) in [7, 11) is 2.02. The first-order valence-corrected chi connectivity index (χ1v) is 5.39. The molecule has 84 valence electrons. The third kappa shape index (κ3) is 7.93. The van der Waals surface area contributed by atoms with Crippen molar-refractivity contribution in [1.29, 1.82) is 10.5 Å². The molecule has 0 bridgehead atoms. The molecule has 0 saturated heterocycles. The lowest BCUT2D eigenvalue weighted by molar-refractivity contribution is 0.238. The fourth-order valence-electron chi connectivity index (χ4n) is 1.30. The van der Waals surface area contributed by atoms with Crippen LogP contribution in [0.4, 0.5) is 0 Å². The highest BCUT2D eigenvalue weighted by atomic mass is 15.2. The molecule has 15 heavy (non-hydrogen) atoms. The van der Waals surface area contributed by atoms with Crippen molar-refractivity contribution in [2.75, 3.05) is 39.8 Å². The van der Waals surface area contributed by atoms with Crippen LogP contribution in [0.3, 0.4) is 0 Å². The van der Waals surface area contributed by atoms with Crippen molar-refractivity contribution in [3.63, 3.8) is 0 Å². The molecule has 0 aromatic rings. The van der Waals surface area contributed by atoms with Gasteiger partial charge in [-0.05, 0) is 13.6 Å². The molecular formula is C11H20N4. The van der Waals surface area contributed by atoms with Gasteiger partial charge in [0.15, 0.2) is 0 Å². The summed E-state index contributed by atoms with van der Waals surface area (Å²) < 4.78 is 0. The second kappa shape index (κ2) is 9.45. The van der Waals surface area contributed by atoms with Gasteiger partial charge >= 0.3 is 0 Å². The molecule has 0 amide bonds. The predicted molar refractivity (Wildman–Crippen MR) is 60.1 cm³/mol. The number of rotatable bonds is 8. The van der Waals surface area contributed by atoms with Crippen LogP contribution in [0, 0.1) is 22.7 Å². The summed E-state index contributed by atoms with van der Waals surface area (Å²) in [5.74, 6) is 0. The maximum Gasteiger partial charge on any atom is 0.0635 e. The van der Waals surface area contributed by atoms with Crippen molar-refractivity contribution < 1.29 is 0 Å². The van der Waals surface area contributed by atoms with Crippen LogP contribution in [-0.2, 0) is 0 Å². The fourth-order valence-corrected chi connectivity index (χ4v) is 1.30. The first kappa shape index (κ1) is 13.9. The Balaban J connectivity index is 3.61. The van der Waals surface area contributed by atoms with Crippen LogP contribution in [0.5, 0.6) is 0 Å². The maximum atomic E-state index is 8.48. The zero-order chi connectivity index (χ0) is 11.5. The standard InChI is InChI=1S/C11H20N4/c1-3-15(9-5-7-13)11-10-14(2)8-4-6-12/h3-5,8-11H2,1-2H3. The highest BCUT2D eigenvalue weighted by Crippen LogP contribution is 1.93. The normalized spacial score (nSPS) is 10.3. The molecule has 0 aliphatic carbocycles. The molecular weight excluding hydrogens is 188 g/mol. The summed E-state index contributed by atoms with van der Waals surface area (Å²) >= 11 is 0. The Bertz CT molecular complexity index is 226. The summed E-state index contributed by atoms with van der Waals surface area (Å²) in [5, 5.41) is 16.9. The monoisotopic (exact) mass is 208 g/mol. The van der Waals surface area contributed by atoms with Crippen LogP contribution in [0.1, 0.15) is 19.8 Å². The molecule has 0 atom stereocenters. The van der Waals surface area contributed by atoms with Gasteiger partial charge in [0, 0.05) is 39.0 Å². The van der Waals surface area contributed by atoms with Gasteiger partial charge in [-0.2, -0.15) is 10.5 Å². The molecule has 0 radical (unpaired) electrons. The molecule has 0 aromatic carbocycles. The van der Waals surface area contributed by atoms with Crippen LogP contribution in [0.2, 0.25) is 0 Å². The minimum atomic E-state index is 0.584. The second-order valence-corrected chi connectivity index (χ2v) is 3.55. The average Bonchev–Trinajstić information content (AvgIpc) is 2.26. The predicted octanol–water partition coefficient (Wildman–Crippen LogP) is 1.07. The summed E-state index contributed by atoms with van der Waals surface area (Å²) in [6.07, 6.45) is 1.18. The van der Waals surface area contributed by atoms with Crippen molar-refractivity contribution >= 4 is 0 Å². The molecule has 4 heteroatoms. The smallest absolute Gasteiger partial charge is 0.0635 e. The van der Waals surface area contributed by atoms with Gasteiger partial charge in [0.25, 0.3) is 0 Å². The van der Waals surface area contributed by atoms with Gasteiger partial charge in [-0.15, -0.1) is 0 Å². The molecule has 0 heterocycles. The van der Waals surface area contributed by atoms with E-state index in [-0.39, 0.29) is 0 Å². The van der Waals surface area contributed by atoms with Crippen LogP contribution >= 0.6 is 0 Å². The summed E-state index contributed by atoms with van der Waals surface area (Å²) in [4.78, 5) is 4.41. The molecule has 0 aliphatic heterocycles. The van der Waals surface area contributed by atoms with Gasteiger partial charge < -0.3 is 9.80 Å². The van der Waals surface area contributed by atoms with Gasteiger partial charge in [-0.1, -0.05) is 6.92 Å². The zero-order valence-electron chi connectivity index (χ0n) is 9.74. The molecule has 0 N–H and O–H groups in total. The van der Waals surface area contributed by atoms with Gasteiger partial charge in [0.05, 0.1) is 12.1 Å². The van der Waals surface area contributed by atoms with E-state index in [1.165, 1.54) is 0 Å². The Labute approximate surface area is 92.7 Å². The Hall–Kier alpha value is -1.10. The summed E-state index contributed by atoms with van der Waals surface area (Å²) in [6, 6.07) is 4.29. The van der Waals surface area contributed by atoms with Crippen molar-refractivity contribution in [3.8, 4) is 12.1 Å². The van der Waals surface area contributed by atoms with E-state index >= 15 is 0 Å². The highest BCUT2D eigenvalue weighted by molar-refractivity contribution is 4.73. The summed E-state index contributed by atoms with van der Waals surface area (Å²) in [6.45, 7) is 6.69. The zero-order valence-corrected chi connectivity index (χ0v) is 9.74. The Kier molecular flexibility index (Phi) is 8.76.